The van der Waals surface area contributed by atoms with Gasteiger partial charge in [-0.3, -0.25) is 0 Å². The van der Waals surface area contributed by atoms with Crippen LogP contribution in [0.1, 0.15) is 0 Å². The molecule has 0 fully saturated rings. The van der Waals surface area contributed by atoms with Crippen LogP contribution in [0.4, 0.5) is 0 Å². The van der Waals surface area contributed by atoms with Crippen LogP contribution < -0.4 is 0 Å². The first-order valence-corrected chi connectivity index (χ1v) is 7.43. The molecule has 0 spiro atoms. The van der Waals surface area contributed by atoms with Gasteiger partial charge in [-0.25, -0.2) is 4.98 Å². The Balaban J connectivity index is 1.93. The average molecular weight is 329 g/mol. The Hall–Kier alpha value is -2.23. The number of benzene rings is 1. The van der Waals surface area contributed by atoms with Crippen molar-refractivity contribution in [1.29, 1.82) is 0 Å². The highest BCUT2D eigenvalue weighted by molar-refractivity contribution is 6.35. The lowest BCUT2D eigenvalue weighted by Gasteiger charge is -2.05. The van der Waals surface area contributed by atoms with Gasteiger partial charge in [0.2, 0.25) is 0 Å². The van der Waals surface area contributed by atoms with Crippen molar-refractivity contribution >= 4 is 34.2 Å². The molecule has 0 saturated carbocycles. The normalized spacial score (nSPS) is 11.2. The SMILES string of the molecule is Clc1ccc(Cl)c(-c2cnc3[nH]cc(-c4ccoc4)c3c2)c1. The van der Waals surface area contributed by atoms with E-state index in [9.17, 15) is 0 Å². The summed E-state index contributed by atoms with van der Waals surface area (Å²) >= 11 is 12.4. The fourth-order valence-electron chi connectivity index (χ4n) is 2.53. The molecule has 3 heterocycles. The molecule has 108 valence electrons. The molecule has 0 atom stereocenters. The van der Waals surface area contributed by atoms with Crippen LogP contribution in [0.25, 0.3) is 33.3 Å². The van der Waals surface area contributed by atoms with E-state index in [1.807, 2.05) is 18.3 Å². The summed E-state index contributed by atoms with van der Waals surface area (Å²) in [5, 5.41) is 2.30. The van der Waals surface area contributed by atoms with Crippen molar-refractivity contribution in [3.63, 3.8) is 0 Å². The third-order valence-electron chi connectivity index (χ3n) is 3.60. The highest BCUT2D eigenvalue weighted by Gasteiger charge is 2.11. The summed E-state index contributed by atoms with van der Waals surface area (Å²) in [6.07, 6.45) is 7.07. The number of hydrogen-bond acceptors (Lipinski definition) is 2. The van der Waals surface area contributed by atoms with E-state index in [1.165, 1.54) is 0 Å². The molecule has 0 bridgehead atoms. The van der Waals surface area contributed by atoms with Crippen LogP contribution in [0.2, 0.25) is 10.0 Å². The lowest BCUT2D eigenvalue weighted by atomic mass is 10.0. The van der Waals surface area contributed by atoms with Gasteiger partial charge in [-0.1, -0.05) is 23.2 Å². The number of aromatic amines is 1. The van der Waals surface area contributed by atoms with Crippen LogP contribution in [0, 0.1) is 0 Å². The topological polar surface area (TPSA) is 41.8 Å². The number of fused-ring (bicyclic) bond motifs is 1. The molecular weight excluding hydrogens is 319 g/mol. The fraction of sp³-hybridized carbons (Fsp3) is 0. The Labute approximate surface area is 136 Å². The maximum absolute atomic E-state index is 6.29. The third-order valence-corrected chi connectivity index (χ3v) is 4.17. The number of nitrogens with one attached hydrogen (secondary N) is 1. The number of H-pyrrole nitrogens is 1. The summed E-state index contributed by atoms with van der Waals surface area (Å²) in [5.74, 6) is 0. The van der Waals surface area contributed by atoms with Gasteiger partial charge < -0.3 is 9.40 Å². The number of aromatic nitrogens is 2. The quantitative estimate of drug-likeness (QED) is 0.505. The van der Waals surface area contributed by atoms with Crippen LogP contribution in [-0.2, 0) is 0 Å². The van der Waals surface area contributed by atoms with E-state index < -0.39 is 0 Å². The van der Waals surface area contributed by atoms with E-state index in [0.717, 1.165) is 33.3 Å². The van der Waals surface area contributed by atoms with Gasteiger partial charge in [-0.2, -0.15) is 0 Å². The Kier molecular flexibility index (Phi) is 3.17. The van der Waals surface area contributed by atoms with E-state index >= 15 is 0 Å². The lowest BCUT2D eigenvalue weighted by Crippen LogP contribution is -1.84. The summed E-state index contributed by atoms with van der Waals surface area (Å²) in [6.45, 7) is 0. The summed E-state index contributed by atoms with van der Waals surface area (Å²) in [6, 6.07) is 9.38. The highest BCUT2D eigenvalue weighted by Crippen LogP contribution is 2.34. The smallest absolute Gasteiger partial charge is 0.137 e. The van der Waals surface area contributed by atoms with Crippen molar-refractivity contribution in [3.05, 3.63) is 65.3 Å². The molecule has 0 unspecified atom stereocenters. The van der Waals surface area contributed by atoms with E-state index in [1.54, 1.807) is 30.9 Å². The van der Waals surface area contributed by atoms with E-state index in [2.05, 4.69) is 16.0 Å². The summed E-state index contributed by atoms with van der Waals surface area (Å²) in [5.41, 5.74) is 4.64. The standard InChI is InChI=1S/C17H10Cl2N2O/c18-12-1-2-16(19)13(6-12)11-5-14-15(10-3-4-22-9-10)8-21-17(14)20-7-11/h1-9H,(H,20,21). The van der Waals surface area contributed by atoms with Crippen LogP contribution in [0.3, 0.4) is 0 Å². The van der Waals surface area contributed by atoms with Gasteiger partial charge in [0.15, 0.2) is 0 Å². The van der Waals surface area contributed by atoms with E-state index in [0.29, 0.717) is 10.0 Å². The molecule has 0 aliphatic carbocycles. The van der Waals surface area contributed by atoms with Gasteiger partial charge in [-0.15, -0.1) is 0 Å². The zero-order chi connectivity index (χ0) is 15.1. The fourth-order valence-corrected chi connectivity index (χ4v) is 2.92. The number of nitrogens with zero attached hydrogens (tertiary/aromatic N) is 1. The number of rotatable bonds is 2. The largest absolute Gasteiger partial charge is 0.472 e. The Bertz CT molecular complexity index is 958. The second-order valence-electron chi connectivity index (χ2n) is 4.96. The minimum atomic E-state index is 0.642. The number of furan rings is 1. The molecule has 0 radical (unpaired) electrons. The minimum absolute atomic E-state index is 0.642. The van der Waals surface area contributed by atoms with Gasteiger partial charge in [0.25, 0.3) is 0 Å². The zero-order valence-electron chi connectivity index (χ0n) is 11.3. The maximum Gasteiger partial charge on any atom is 0.137 e. The number of halogens is 2. The predicted octanol–water partition coefficient (Wildman–Crippen LogP) is 5.80. The Morgan fingerprint density at radius 3 is 2.73 bits per heavy atom. The molecule has 1 aromatic carbocycles. The molecule has 4 rings (SSSR count). The predicted molar refractivity (Wildman–Crippen MR) is 89.3 cm³/mol. The highest BCUT2D eigenvalue weighted by atomic mass is 35.5. The van der Waals surface area contributed by atoms with Crippen molar-refractivity contribution in [3.8, 4) is 22.3 Å². The first-order chi connectivity index (χ1) is 10.7. The van der Waals surface area contributed by atoms with Crippen LogP contribution in [0.15, 0.2) is 59.7 Å². The second kappa shape index (κ2) is 5.20. The third kappa shape index (κ3) is 2.19. The maximum atomic E-state index is 6.29. The van der Waals surface area contributed by atoms with Gasteiger partial charge in [0.1, 0.15) is 5.65 Å². The van der Waals surface area contributed by atoms with Crippen LogP contribution in [-0.4, -0.2) is 9.97 Å². The molecule has 22 heavy (non-hydrogen) atoms. The Morgan fingerprint density at radius 2 is 1.91 bits per heavy atom. The summed E-state index contributed by atoms with van der Waals surface area (Å²) < 4.78 is 5.16. The van der Waals surface area contributed by atoms with E-state index in [-0.39, 0.29) is 0 Å². The van der Waals surface area contributed by atoms with Gasteiger partial charge >= 0.3 is 0 Å². The molecular formula is C17H10Cl2N2O. The van der Waals surface area contributed by atoms with Crippen LogP contribution in [0.5, 0.6) is 0 Å². The molecule has 4 aromatic rings. The zero-order valence-corrected chi connectivity index (χ0v) is 12.8. The van der Waals surface area contributed by atoms with Crippen molar-refractivity contribution in [1.82, 2.24) is 9.97 Å². The first kappa shape index (κ1) is 13.4. The Morgan fingerprint density at radius 1 is 1.00 bits per heavy atom. The molecule has 0 aliphatic rings. The number of pyridine rings is 1. The molecule has 0 amide bonds. The van der Waals surface area contributed by atoms with E-state index in [4.69, 9.17) is 27.6 Å². The van der Waals surface area contributed by atoms with Crippen molar-refractivity contribution in [2.45, 2.75) is 0 Å². The summed E-state index contributed by atoms with van der Waals surface area (Å²) in [7, 11) is 0. The lowest BCUT2D eigenvalue weighted by molar-refractivity contribution is 0.568. The molecule has 3 aromatic heterocycles. The molecule has 0 aliphatic heterocycles. The second-order valence-corrected chi connectivity index (χ2v) is 5.80. The average Bonchev–Trinajstić information content (AvgIpc) is 3.17. The van der Waals surface area contributed by atoms with Crippen LogP contribution >= 0.6 is 23.2 Å². The first-order valence-electron chi connectivity index (χ1n) is 6.67. The molecule has 3 nitrogen and oxygen atoms in total. The molecule has 5 heteroatoms. The monoisotopic (exact) mass is 328 g/mol. The minimum Gasteiger partial charge on any atom is -0.472 e. The van der Waals surface area contributed by atoms with Gasteiger partial charge in [0, 0.05) is 50.1 Å². The number of hydrogen-bond donors (Lipinski definition) is 1. The van der Waals surface area contributed by atoms with Crippen molar-refractivity contribution in [2.75, 3.05) is 0 Å². The van der Waals surface area contributed by atoms with Gasteiger partial charge in [-0.05, 0) is 30.3 Å². The molecule has 0 saturated heterocycles. The van der Waals surface area contributed by atoms with Crippen molar-refractivity contribution < 1.29 is 4.42 Å². The van der Waals surface area contributed by atoms with Gasteiger partial charge in [0.05, 0.1) is 12.5 Å². The summed E-state index contributed by atoms with van der Waals surface area (Å²) in [4.78, 5) is 7.64. The van der Waals surface area contributed by atoms with Crippen molar-refractivity contribution in [2.24, 2.45) is 0 Å². The molecule has 1 N–H and O–H groups in total.